The smallest absolute Gasteiger partial charge is 0.338 e. The highest BCUT2D eigenvalue weighted by atomic mass is 16.5. The zero-order valence-corrected chi connectivity index (χ0v) is 22.1. The van der Waals surface area contributed by atoms with Crippen molar-refractivity contribution in [1.29, 1.82) is 0 Å². The van der Waals surface area contributed by atoms with Crippen molar-refractivity contribution in [2.24, 2.45) is 5.92 Å². The molecule has 2 atom stereocenters. The molecule has 0 radical (unpaired) electrons. The number of hydrogen-bond donors (Lipinski definition) is 1. The van der Waals surface area contributed by atoms with Gasteiger partial charge in [-0.05, 0) is 88.5 Å². The Bertz CT molecular complexity index is 808. The number of hydrogen-bond acceptors (Lipinski definition) is 3. The predicted molar refractivity (Wildman–Crippen MR) is 146 cm³/mol. The van der Waals surface area contributed by atoms with Crippen molar-refractivity contribution in [3.63, 3.8) is 0 Å². The summed E-state index contributed by atoms with van der Waals surface area (Å²) >= 11 is 0. The lowest BCUT2D eigenvalue weighted by Crippen LogP contribution is -2.05. The van der Waals surface area contributed by atoms with E-state index in [1.807, 2.05) is 49.4 Å². The summed E-state index contributed by atoms with van der Waals surface area (Å²) in [7, 11) is 0. The first-order valence-electron chi connectivity index (χ1n) is 13.0. The van der Waals surface area contributed by atoms with Crippen molar-refractivity contribution in [1.82, 2.24) is 0 Å². The van der Waals surface area contributed by atoms with E-state index in [-0.39, 0.29) is 5.97 Å². The first kappa shape index (κ1) is 29.6. The lowest BCUT2D eigenvalue weighted by molar-refractivity contribution is 0.0526. The quantitative estimate of drug-likeness (QED) is 0.115. The number of allylic oxidation sites excluding steroid dienone is 6. The summed E-state index contributed by atoms with van der Waals surface area (Å²) in [6.45, 7) is 10.9. The second-order valence-corrected chi connectivity index (χ2v) is 9.37. The summed E-state index contributed by atoms with van der Waals surface area (Å²) in [6, 6.07) is 7.54. The Balaban J connectivity index is 2.66. The summed E-state index contributed by atoms with van der Waals surface area (Å²) < 4.78 is 5.06. The monoisotopic (exact) mass is 466 g/mol. The minimum absolute atomic E-state index is 0.285. The fraction of sp³-hybridized carbons (Fsp3) is 0.516. The molecule has 0 aliphatic heterocycles. The molecule has 188 valence electrons. The SMILES string of the molecule is CCCCCC(/C=C/C=C/C(O)CCC(C)CCC=C(C)C)=C\c1ccc(C(=O)OCC)cc1. The molecular weight excluding hydrogens is 420 g/mol. The van der Waals surface area contributed by atoms with Crippen LogP contribution in [-0.2, 0) is 4.74 Å². The van der Waals surface area contributed by atoms with Gasteiger partial charge in [0.1, 0.15) is 0 Å². The van der Waals surface area contributed by atoms with Crippen LogP contribution in [0.1, 0.15) is 102 Å². The lowest BCUT2D eigenvalue weighted by Gasteiger charge is -2.11. The number of carbonyl (C=O) groups is 1. The molecule has 3 heteroatoms. The number of aliphatic hydroxyl groups is 1. The number of carbonyl (C=O) groups excluding carboxylic acids is 1. The second kappa shape index (κ2) is 18.0. The molecule has 1 rings (SSSR count). The highest BCUT2D eigenvalue weighted by Gasteiger charge is 2.06. The highest BCUT2D eigenvalue weighted by molar-refractivity contribution is 5.89. The van der Waals surface area contributed by atoms with Crippen molar-refractivity contribution in [2.75, 3.05) is 6.61 Å². The molecule has 1 aromatic rings. The lowest BCUT2D eigenvalue weighted by atomic mass is 9.97. The van der Waals surface area contributed by atoms with Gasteiger partial charge in [-0.3, -0.25) is 0 Å². The second-order valence-electron chi connectivity index (χ2n) is 9.37. The molecule has 0 spiro atoms. The largest absolute Gasteiger partial charge is 0.462 e. The zero-order chi connectivity index (χ0) is 25.2. The molecule has 3 nitrogen and oxygen atoms in total. The van der Waals surface area contributed by atoms with Crippen LogP contribution in [0.4, 0.5) is 0 Å². The number of esters is 1. The van der Waals surface area contributed by atoms with E-state index in [2.05, 4.69) is 45.9 Å². The van der Waals surface area contributed by atoms with Gasteiger partial charge in [-0.25, -0.2) is 4.79 Å². The Kier molecular flexibility index (Phi) is 15.7. The van der Waals surface area contributed by atoms with E-state index in [0.717, 1.165) is 37.7 Å². The summed E-state index contributed by atoms with van der Waals surface area (Å²) in [4.78, 5) is 11.9. The van der Waals surface area contributed by atoms with Crippen molar-refractivity contribution >= 4 is 12.0 Å². The topological polar surface area (TPSA) is 46.5 Å². The summed E-state index contributed by atoms with van der Waals surface area (Å²) in [5, 5.41) is 10.3. The van der Waals surface area contributed by atoms with Gasteiger partial charge in [0.05, 0.1) is 18.3 Å². The third-order valence-corrected chi connectivity index (χ3v) is 5.76. The minimum atomic E-state index is -0.404. The van der Waals surface area contributed by atoms with Gasteiger partial charge in [0.2, 0.25) is 0 Å². The average molecular weight is 467 g/mol. The van der Waals surface area contributed by atoms with Crippen LogP contribution in [0.3, 0.4) is 0 Å². The van der Waals surface area contributed by atoms with E-state index in [0.29, 0.717) is 18.1 Å². The van der Waals surface area contributed by atoms with Crippen LogP contribution < -0.4 is 0 Å². The molecule has 0 saturated heterocycles. The van der Waals surface area contributed by atoms with Crippen molar-refractivity contribution in [3.8, 4) is 0 Å². The highest BCUT2D eigenvalue weighted by Crippen LogP contribution is 2.18. The molecule has 1 aromatic carbocycles. The molecule has 0 amide bonds. The van der Waals surface area contributed by atoms with E-state index in [1.165, 1.54) is 30.4 Å². The standard InChI is InChI=1S/C31H46O3/c1-6-8-9-15-27(24-28-19-21-29(22-20-28)31(33)34-7-2)16-10-11-17-30(32)23-18-26(5)14-12-13-25(3)4/h10-11,13,16-17,19-22,24,26,30,32H,6-9,12,14-15,18,23H2,1-5H3/b16-10+,17-11+,27-24+. The molecule has 0 fully saturated rings. The van der Waals surface area contributed by atoms with Crippen LogP contribution in [-0.4, -0.2) is 23.8 Å². The number of rotatable bonds is 16. The maximum absolute atomic E-state index is 11.9. The van der Waals surface area contributed by atoms with E-state index in [9.17, 15) is 9.90 Å². The van der Waals surface area contributed by atoms with Gasteiger partial charge in [-0.1, -0.05) is 80.9 Å². The Morgan fingerprint density at radius 3 is 2.41 bits per heavy atom. The van der Waals surface area contributed by atoms with Crippen molar-refractivity contribution < 1.29 is 14.6 Å². The third kappa shape index (κ3) is 14.0. The molecule has 0 aromatic heterocycles. The molecule has 0 bridgehead atoms. The predicted octanol–water partition coefficient (Wildman–Crippen LogP) is 8.46. The minimum Gasteiger partial charge on any atom is -0.462 e. The summed E-state index contributed by atoms with van der Waals surface area (Å²) in [5.41, 5.74) is 4.25. The van der Waals surface area contributed by atoms with Gasteiger partial charge in [-0.15, -0.1) is 0 Å². The summed E-state index contributed by atoms with van der Waals surface area (Å²) in [6.07, 6.45) is 20.7. The molecule has 0 aliphatic carbocycles. The molecule has 0 aliphatic rings. The van der Waals surface area contributed by atoms with Crippen molar-refractivity contribution in [2.45, 2.75) is 92.1 Å². The Hall–Kier alpha value is -2.39. The van der Waals surface area contributed by atoms with E-state index >= 15 is 0 Å². The van der Waals surface area contributed by atoms with Gasteiger partial charge >= 0.3 is 5.97 Å². The van der Waals surface area contributed by atoms with E-state index < -0.39 is 6.10 Å². The normalized spacial score (nSPS) is 13.9. The molecule has 0 saturated carbocycles. The number of aliphatic hydroxyl groups excluding tert-OH is 1. The molecule has 2 unspecified atom stereocenters. The van der Waals surface area contributed by atoms with Gasteiger partial charge in [-0.2, -0.15) is 0 Å². The van der Waals surface area contributed by atoms with Crippen molar-refractivity contribution in [3.05, 3.63) is 76.9 Å². The summed E-state index contributed by atoms with van der Waals surface area (Å²) in [5.74, 6) is 0.338. The Morgan fingerprint density at radius 1 is 1.03 bits per heavy atom. The first-order chi connectivity index (χ1) is 16.3. The van der Waals surface area contributed by atoms with Gasteiger partial charge < -0.3 is 9.84 Å². The number of ether oxygens (including phenoxy) is 1. The van der Waals surface area contributed by atoms with Crippen LogP contribution in [0.2, 0.25) is 0 Å². The van der Waals surface area contributed by atoms with Gasteiger partial charge in [0, 0.05) is 0 Å². The Labute approximate surface area is 208 Å². The van der Waals surface area contributed by atoms with E-state index in [4.69, 9.17) is 4.74 Å². The molecule has 0 heterocycles. The van der Waals surface area contributed by atoms with E-state index in [1.54, 1.807) is 0 Å². The molecular formula is C31H46O3. The maximum Gasteiger partial charge on any atom is 0.338 e. The fourth-order valence-corrected chi connectivity index (χ4v) is 3.65. The molecule has 1 N–H and O–H groups in total. The average Bonchev–Trinajstić information content (AvgIpc) is 2.80. The maximum atomic E-state index is 11.9. The fourth-order valence-electron chi connectivity index (χ4n) is 3.65. The zero-order valence-electron chi connectivity index (χ0n) is 22.1. The van der Waals surface area contributed by atoms with Crippen LogP contribution in [0, 0.1) is 5.92 Å². The number of benzene rings is 1. The van der Waals surface area contributed by atoms with Crippen LogP contribution in [0.5, 0.6) is 0 Å². The first-order valence-corrected chi connectivity index (χ1v) is 13.0. The third-order valence-electron chi connectivity index (χ3n) is 5.76. The van der Waals surface area contributed by atoms with Crippen LogP contribution >= 0.6 is 0 Å². The van der Waals surface area contributed by atoms with Gasteiger partial charge in [0.25, 0.3) is 0 Å². The molecule has 34 heavy (non-hydrogen) atoms. The van der Waals surface area contributed by atoms with Gasteiger partial charge in [0.15, 0.2) is 0 Å². The van der Waals surface area contributed by atoms with Crippen LogP contribution in [0.25, 0.3) is 6.08 Å². The Morgan fingerprint density at radius 2 is 1.76 bits per heavy atom. The van der Waals surface area contributed by atoms with Crippen LogP contribution in [0.15, 0.2) is 65.8 Å². The number of unbranched alkanes of at least 4 members (excludes halogenated alkanes) is 2.